The second-order valence-electron chi connectivity index (χ2n) is 8.74. The Morgan fingerprint density at radius 2 is 1.97 bits per heavy atom. The van der Waals surface area contributed by atoms with Gasteiger partial charge in [-0.1, -0.05) is 35.4 Å². The van der Waals surface area contributed by atoms with E-state index in [0.29, 0.717) is 53.2 Å². The molecule has 1 aliphatic rings. The molecule has 12 heteroatoms. The summed E-state index contributed by atoms with van der Waals surface area (Å²) >= 11 is 8.46. The Kier molecular flexibility index (Phi) is 8.04. The molecule has 1 unspecified atom stereocenters. The molecule has 0 spiro atoms. The number of nitrogens with zero attached hydrogens (tertiary/aromatic N) is 4. The minimum atomic E-state index is -3.85. The normalized spacial score (nSPS) is 17.3. The van der Waals surface area contributed by atoms with Crippen molar-refractivity contribution in [2.45, 2.75) is 36.4 Å². The second-order valence-corrected chi connectivity index (χ2v) is 13.5. The van der Waals surface area contributed by atoms with Gasteiger partial charge >= 0.3 is 0 Å². The van der Waals surface area contributed by atoms with Gasteiger partial charge in [-0.25, -0.2) is 13.4 Å². The van der Waals surface area contributed by atoms with Crippen LogP contribution < -0.4 is 9.64 Å². The van der Waals surface area contributed by atoms with E-state index in [0.717, 1.165) is 28.0 Å². The number of aryl methyl sites for hydroxylation is 1. The number of anilines is 1. The number of likely N-dealkylation sites (N-methyl/N-ethyl adjacent to an activating group) is 1. The summed E-state index contributed by atoms with van der Waals surface area (Å²) < 4.78 is 35.3. The highest BCUT2D eigenvalue weighted by molar-refractivity contribution is 7.91. The van der Waals surface area contributed by atoms with Crippen LogP contribution in [0.4, 0.5) is 5.13 Å². The van der Waals surface area contributed by atoms with Crippen LogP contribution in [0.1, 0.15) is 24.8 Å². The first kappa shape index (κ1) is 26.3. The van der Waals surface area contributed by atoms with Crippen LogP contribution in [0.25, 0.3) is 10.2 Å². The zero-order valence-electron chi connectivity index (χ0n) is 20.2. The minimum absolute atomic E-state index is 0.155. The van der Waals surface area contributed by atoms with E-state index in [1.165, 1.54) is 21.7 Å². The van der Waals surface area contributed by atoms with E-state index in [9.17, 15) is 13.2 Å². The molecule has 1 aromatic carbocycles. The number of benzene rings is 1. The number of aromatic nitrogens is 1. The zero-order chi connectivity index (χ0) is 25.3. The summed E-state index contributed by atoms with van der Waals surface area (Å²) in [6.07, 6.45) is 1.95. The molecule has 0 bridgehead atoms. The fraction of sp³-hybridized carbons (Fsp3) is 0.478. The summed E-state index contributed by atoms with van der Waals surface area (Å²) in [5.41, 5.74) is 1.75. The van der Waals surface area contributed by atoms with Gasteiger partial charge in [0.1, 0.15) is 21.5 Å². The number of rotatable bonds is 8. The lowest BCUT2D eigenvalue weighted by atomic mass is 10.0. The lowest BCUT2D eigenvalue weighted by Crippen LogP contribution is -2.53. The first-order valence-electron chi connectivity index (χ1n) is 11.3. The number of piperidine rings is 1. The van der Waals surface area contributed by atoms with Gasteiger partial charge in [-0.15, -0.1) is 11.3 Å². The lowest BCUT2D eigenvalue weighted by molar-refractivity contribution is -0.123. The smallest absolute Gasteiger partial charge is 0.253 e. The summed E-state index contributed by atoms with van der Waals surface area (Å²) in [7, 11) is 1.62. The molecule has 2 aromatic heterocycles. The topological polar surface area (TPSA) is 83.0 Å². The first-order valence-corrected chi connectivity index (χ1v) is 14.8. The maximum absolute atomic E-state index is 14.0. The molecule has 4 rings (SSSR count). The quantitative estimate of drug-likeness (QED) is 0.407. The van der Waals surface area contributed by atoms with E-state index in [1.807, 2.05) is 38.1 Å². The van der Waals surface area contributed by atoms with Crippen LogP contribution >= 0.6 is 34.3 Å². The van der Waals surface area contributed by atoms with Crippen molar-refractivity contribution in [3.05, 3.63) is 34.2 Å². The Hall–Kier alpha value is -1.76. The summed E-state index contributed by atoms with van der Waals surface area (Å²) in [6, 6.07) is 6.11. The van der Waals surface area contributed by atoms with Gasteiger partial charge in [-0.2, -0.15) is 4.31 Å². The van der Waals surface area contributed by atoms with Gasteiger partial charge in [-0.3, -0.25) is 9.69 Å². The Balaban J connectivity index is 1.74. The molecule has 1 aliphatic heterocycles. The fourth-order valence-corrected chi connectivity index (χ4v) is 8.50. The van der Waals surface area contributed by atoms with Crippen molar-refractivity contribution in [1.82, 2.24) is 14.2 Å². The van der Waals surface area contributed by atoms with E-state index >= 15 is 0 Å². The van der Waals surface area contributed by atoms with Crippen molar-refractivity contribution < 1.29 is 17.9 Å². The standard InChI is InChI=1S/C23H29ClN4O4S3/c1-15-8-9-17(32-4)20-21(15)34-23(25-20)27(14-13-26(2)3)22(29)16-7-5-6-12-28(16)35(30,31)19-11-10-18(24)33-19/h8-11,16H,5-7,12-14H2,1-4H3. The Morgan fingerprint density at radius 3 is 2.63 bits per heavy atom. The molecule has 1 atom stereocenters. The number of hydrogen-bond donors (Lipinski definition) is 0. The van der Waals surface area contributed by atoms with E-state index in [1.54, 1.807) is 18.1 Å². The van der Waals surface area contributed by atoms with Gasteiger partial charge in [0.05, 0.1) is 16.1 Å². The van der Waals surface area contributed by atoms with Crippen molar-refractivity contribution >= 4 is 65.6 Å². The first-order chi connectivity index (χ1) is 16.6. The van der Waals surface area contributed by atoms with Gasteiger partial charge in [0.15, 0.2) is 5.13 Å². The van der Waals surface area contributed by atoms with E-state index < -0.39 is 16.1 Å². The molecule has 0 saturated carbocycles. The maximum Gasteiger partial charge on any atom is 0.253 e. The van der Waals surface area contributed by atoms with Crippen LogP contribution in [0.3, 0.4) is 0 Å². The number of carbonyl (C=O) groups is 1. The van der Waals surface area contributed by atoms with Gasteiger partial charge < -0.3 is 9.64 Å². The molecule has 35 heavy (non-hydrogen) atoms. The number of carbonyl (C=O) groups excluding carboxylic acids is 1. The highest BCUT2D eigenvalue weighted by Gasteiger charge is 2.41. The van der Waals surface area contributed by atoms with E-state index in [4.69, 9.17) is 21.3 Å². The average Bonchev–Trinajstić information content (AvgIpc) is 3.47. The number of sulfonamides is 1. The van der Waals surface area contributed by atoms with E-state index in [2.05, 4.69) is 0 Å². The zero-order valence-corrected chi connectivity index (χ0v) is 23.4. The molecule has 190 valence electrons. The molecular weight excluding hydrogens is 528 g/mol. The van der Waals surface area contributed by atoms with Gasteiger partial charge in [0.25, 0.3) is 10.0 Å². The number of amides is 1. The van der Waals surface area contributed by atoms with Crippen molar-refractivity contribution in [2.75, 3.05) is 45.7 Å². The number of thiazole rings is 1. The molecule has 3 aromatic rings. The molecule has 1 saturated heterocycles. The van der Waals surface area contributed by atoms with Crippen LogP contribution in [0, 0.1) is 6.92 Å². The molecule has 8 nitrogen and oxygen atoms in total. The Bertz CT molecular complexity index is 1320. The lowest BCUT2D eigenvalue weighted by Gasteiger charge is -2.36. The highest BCUT2D eigenvalue weighted by Crippen LogP contribution is 2.38. The molecular formula is C23H29ClN4O4S3. The molecule has 0 radical (unpaired) electrons. The van der Waals surface area contributed by atoms with Crippen LogP contribution in [-0.4, -0.2) is 75.4 Å². The average molecular weight is 557 g/mol. The molecule has 0 N–H and O–H groups in total. The predicted molar refractivity (Wildman–Crippen MR) is 143 cm³/mol. The SMILES string of the molecule is COc1ccc(C)c2sc(N(CCN(C)C)C(=O)C3CCCCN3S(=O)(=O)c3ccc(Cl)s3)nc12. The third-order valence-corrected chi connectivity index (χ3v) is 10.9. The number of halogens is 1. The van der Waals surface area contributed by atoms with Gasteiger partial charge in [0, 0.05) is 19.6 Å². The second kappa shape index (κ2) is 10.7. The highest BCUT2D eigenvalue weighted by atomic mass is 35.5. The van der Waals surface area contributed by atoms with E-state index in [-0.39, 0.29) is 10.1 Å². The summed E-state index contributed by atoms with van der Waals surface area (Å²) in [6.45, 7) is 3.29. The maximum atomic E-state index is 14.0. The predicted octanol–water partition coefficient (Wildman–Crippen LogP) is 4.47. The number of hydrogen-bond acceptors (Lipinski definition) is 8. The molecule has 1 amide bonds. The number of fused-ring (bicyclic) bond motifs is 1. The third kappa shape index (κ3) is 5.35. The Morgan fingerprint density at radius 1 is 1.20 bits per heavy atom. The Labute approximate surface area is 219 Å². The van der Waals surface area contributed by atoms with Crippen LogP contribution in [-0.2, 0) is 14.8 Å². The molecule has 1 fully saturated rings. The minimum Gasteiger partial charge on any atom is -0.494 e. The van der Waals surface area contributed by atoms with Crippen LogP contribution in [0.2, 0.25) is 4.34 Å². The van der Waals surface area contributed by atoms with Gasteiger partial charge in [-0.05, 0) is 57.6 Å². The largest absolute Gasteiger partial charge is 0.494 e. The monoisotopic (exact) mass is 556 g/mol. The number of methoxy groups -OCH3 is 1. The van der Waals surface area contributed by atoms with Gasteiger partial charge in [0.2, 0.25) is 5.91 Å². The number of thiophene rings is 1. The van der Waals surface area contributed by atoms with Crippen molar-refractivity contribution in [3.63, 3.8) is 0 Å². The van der Waals surface area contributed by atoms with Crippen molar-refractivity contribution in [2.24, 2.45) is 0 Å². The van der Waals surface area contributed by atoms with Crippen LogP contribution in [0.5, 0.6) is 5.75 Å². The summed E-state index contributed by atoms with van der Waals surface area (Å²) in [5, 5.41) is 0.543. The van der Waals surface area contributed by atoms with Crippen LogP contribution in [0.15, 0.2) is 28.5 Å². The summed E-state index contributed by atoms with van der Waals surface area (Å²) in [5.74, 6) is 0.387. The molecule has 0 aliphatic carbocycles. The van der Waals surface area contributed by atoms with Crippen molar-refractivity contribution in [3.8, 4) is 5.75 Å². The summed E-state index contributed by atoms with van der Waals surface area (Å²) in [4.78, 5) is 22.4. The fourth-order valence-electron chi connectivity index (χ4n) is 4.15. The number of ether oxygens (including phenoxy) is 1. The third-order valence-electron chi connectivity index (χ3n) is 6.03. The van der Waals surface area contributed by atoms with Crippen molar-refractivity contribution in [1.29, 1.82) is 0 Å². The molecule has 3 heterocycles.